The molecule has 1 N–H and O–H groups in total. The molecule has 2 aliphatic heterocycles. The number of nitrogens with zero attached hydrogens (tertiary/aromatic N) is 2. The first-order valence-electron chi connectivity index (χ1n) is 11.8. The minimum absolute atomic E-state index is 0.0193. The van der Waals surface area contributed by atoms with Crippen molar-refractivity contribution in [3.8, 4) is 11.5 Å². The van der Waals surface area contributed by atoms with Crippen LogP contribution in [0.25, 0.3) is 0 Å². The van der Waals surface area contributed by atoms with Crippen molar-refractivity contribution in [3.63, 3.8) is 0 Å². The fourth-order valence-electron chi connectivity index (χ4n) is 4.39. The van der Waals surface area contributed by atoms with E-state index in [1.165, 1.54) is 0 Å². The fraction of sp³-hybridized carbons (Fsp3) is 0.500. The highest BCUT2D eigenvalue weighted by Crippen LogP contribution is 2.29. The summed E-state index contributed by atoms with van der Waals surface area (Å²) in [4.78, 5) is 16.2. The Morgan fingerprint density at radius 2 is 1.88 bits per heavy atom. The second kappa shape index (κ2) is 11.4. The van der Waals surface area contributed by atoms with Crippen molar-refractivity contribution in [1.82, 2.24) is 9.80 Å². The van der Waals surface area contributed by atoms with Gasteiger partial charge < -0.3 is 24.2 Å². The van der Waals surface area contributed by atoms with E-state index >= 15 is 0 Å². The highest BCUT2D eigenvalue weighted by Gasteiger charge is 2.34. The second-order valence-electron chi connectivity index (χ2n) is 9.19. The summed E-state index contributed by atoms with van der Waals surface area (Å²) in [5.41, 5.74) is 1.27. The van der Waals surface area contributed by atoms with Gasteiger partial charge in [0.05, 0.1) is 18.2 Å². The van der Waals surface area contributed by atoms with Gasteiger partial charge in [0, 0.05) is 26.2 Å². The second-order valence-corrected chi connectivity index (χ2v) is 9.59. The van der Waals surface area contributed by atoms with Gasteiger partial charge in [-0.3, -0.25) is 9.69 Å². The number of carbonyl (C=O) groups excluding carboxylic acids is 1. The number of carbonyl (C=O) groups is 1. The third-order valence-corrected chi connectivity index (χ3v) is 6.59. The fourth-order valence-corrected chi connectivity index (χ4v) is 4.56. The Labute approximate surface area is 206 Å². The molecule has 2 heterocycles. The Bertz CT molecular complexity index is 964. The van der Waals surface area contributed by atoms with Gasteiger partial charge in [0.1, 0.15) is 23.7 Å². The van der Waals surface area contributed by atoms with Crippen molar-refractivity contribution in [1.29, 1.82) is 0 Å². The van der Waals surface area contributed by atoms with Crippen molar-refractivity contribution in [3.05, 3.63) is 58.6 Å². The normalized spacial score (nSPS) is 21.3. The molecule has 0 spiro atoms. The highest BCUT2D eigenvalue weighted by atomic mass is 35.5. The molecule has 2 fully saturated rings. The van der Waals surface area contributed by atoms with E-state index in [0.717, 1.165) is 30.6 Å². The van der Waals surface area contributed by atoms with E-state index in [-0.39, 0.29) is 19.1 Å². The molecule has 1 atom stereocenters. The van der Waals surface area contributed by atoms with Crippen LogP contribution in [0.5, 0.6) is 11.5 Å². The number of benzene rings is 2. The van der Waals surface area contributed by atoms with Gasteiger partial charge >= 0.3 is 0 Å². The third kappa shape index (κ3) is 6.85. The van der Waals surface area contributed by atoms with Crippen LogP contribution >= 0.6 is 11.6 Å². The lowest BCUT2D eigenvalue weighted by Gasteiger charge is -2.39. The number of β-amino-alcohol motifs (C(OH)–C–C–N with tert-alkyl or cyclic N) is 1. The summed E-state index contributed by atoms with van der Waals surface area (Å²) in [6.45, 7) is 6.79. The molecule has 0 radical (unpaired) electrons. The summed E-state index contributed by atoms with van der Waals surface area (Å²) < 4.78 is 16.9. The molecule has 34 heavy (non-hydrogen) atoms. The third-order valence-electron chi connectivity index (χ3n) is 6.27. The molecule has 184 valence electrons. The van der Waals surface area contributed by atoms with Gasteiger partial charge in [-0.15, -0.1) is 0 Å². The topological polar surface area (TPSA) is 71.5 Å². The quantitative estimate of drug-likeness (QED) is 0.615. The molecule has 0 aliphatic carbocycles. The van der Waals surface area contributed by atoms with Crippen molar-refractivity contribution < 1.29 is 24.1 Å². The Balaban J connectivity index is 1.26. The van der Waals surface area contributed by atoms with Gasteiger partial charge in [-0.05, 0) is 61.7 Å². The molecule has 0 saturated carbocycles. The van der Waals surface area contributed by atoms with E-state index < -0.39 is 5.60 Å². The number of morpholine rings is 1. The van der Waals surface area contributed by atoms with Crippen molar-refractivity contribution in [2.24, 2.45) is 0 Å². The number of aryl methyl sites for hydroxylation is 1. The molecule has 2 aromatic carbocycles. The Morgan fingerprint density at radius 3 is 2.65 bits per heavy atom. The van der Waals surface area contributed by atoms with E-state index in [4.69, 9.17) is 25.8 Å². The van der Waals surface area contributed by atoms with Crippen molar-refractivity contribution in [2.45, 2.75) is 31.9 Å². The van der Waals surface area contributed by atoms with Crippen LogP contribution in [-0.2, 0) is 16.1 Å². The predicted octanol–water partition coefficient (Wildman–Crippen LogP) is 3.29. The average molecular weight is 489 g/mol. The van der Waals surface area contributed by atoms with Gasteiger partial charge in [0.2, 0.25) is 0 Å². The first kappa shape index (κ1) is 24.8. The zero-order valence-electron chi connectivity index (χ0n) is 19.7. The number of hydrogen-bond acceptors (Lipinski definition) is 6. The molecule has 8 heteroatoms. The molecule has 0 unspecified atom stereocenters. The van der Waals surface area contributed by atoms with Crippen LogP contribution in [0, 0.1) is 6.92 Å². The molecule has 2 saturated heterocycles. The van der Waals surface area contributed by atoms with Crippen molar-refractivity contribution in [2.75, 3.05) is 52.6 Å². The van der Waals surface area contributed by atoms with Crippen LogP contribution in [0.1, 0.15) is 24.0 Å². The molecule has 0 bridgehead atoms. The lowest BCUT2D eigenvalue weighted by atomic mass is 9.93. The Kier molecular flexibility index (Phi) is 8.32. The summed E-state index contributed by atoms with van der Waals surface area (Å²) in [6, 6.07) is 13.4. The lowest BCUT2D eigenvalue weighted by Crippen LogP contribution is -2.51. The number of halogens is 1. The molecule has 7 nitrogen and oxygen atoms in total. The largest absolute Gasteiger partial charge is 0.489 e. The number of likely N-dealkylation sites (tertiary alicyclic amines) is 1. The summed E-state index contributed by atoms with van der Waals surface area (Å²) in [7, 11) is 0. The molecule has 2 aliphatic rings. The van der Waals surface area contributed by atoms with Gasteiger partial charge in [-0.2, -0.15) is 0 Å². The van der Waals surface area contributed by atoms with Crippen molar-refractivity contribution >= 4 is 17.5 Å². The predicted molar refractivity (Wildman–Crippen MR) is 130 cm³/mol. The average Bonchev–Trinajstić information content (AvgIpc) is 2.84. The number of amides is 1. The zero-order valence-corrected chi connectivity index (χ0v) is 20.4. The van der Waals surface area contributed by atoms with E-state index in [1.54, 1.807) is 4.90 Å². The Morgan fingerprint density at radius 1 is 1.12 bits per heavy atom. The minimum Gasteiger partial charge on any atom is -0.489 e. The Hall–Kier alpha value is -2.32. The molecular formula is C26H33ClN2O5. The first-order valence-corrected chi connectivity index (χ1v) is 12.2. The summed E-state index contributed by atoms with van der Waals surface area (Å²) in [6.07, 6.45) is 1.59. The number of ether oxygens (including phenoxy) is 3. The maximum absolute atomic E-state index is 12.2. The smallest absolute Gasteiger partial charge is 0.260 e. The monoisotopic (exact) mass is 488 g/mol. The summed E-state index contributed by atoms with van der Waals surface area (Å²) in [5, 5.41) is 11.7. The van der Waals surface area contributed by atoms with Crippen LogP contribution < -0.4 is 9.47 Å². The van der Waals surface area contributed by atoms with Gasteiger partial charge in [-0.25, -0.2) is 0 Å². The first-order chi connectivity index (χ1) is 16.4. The minimum atomic E-state index is -0.922. The maximum atomic E-state index is 12.2. The number of hydrogen-bond donors (Lipinski definition) is 1. The molecule has 4 rings (SSSR count). The molecular weight excluding hydrogens is 456 g/mol. The summed E-state index contributed by atoms with van der Waals surface area (Å²) >= 11 is 6.23. The van der Waals surface area contributed by atoms with Crippen LogP contribution in [0.3, 0.4) is 0 Å². The molecule has 2 aromatic rings. The molecule has 1 amide bonds. The lowest BCUT2D eigenvalue weighted by molar-refractivity contribution is -0.137. The SMILES string of the molecule is Cc1ccc(Cl)c(OC[C@]2(O)CCCN(Cc3ccc(OCC(=O)N4CCOCC4)cc3)C2)c1. The van der Waals surface area contributed by atoms with Crippen LogP contribution in [0.4, 0.5) is 0 Å². The maximum Gasteiger partial charge on any atom is 0.260 e. The highest BCUT2D eigenvalue weighted by molar-refractivity contribution is 6.32. The number of aliphatic hydroxyl groups is 1. The van der Waals surface area contributed by atoms with Gasteiger partial charge in [0.25, 0.3) is 5.91 Å². The van der Waals surface area contributed by atoms with E-state index in [0.29, 0.717) is 55.8 Å². The standard InChI is InChI=1S/C26H33ClN2O5/c1-20-3-8-23(27)24(15-20)34-19-26(31)9-2-10-28(18-26)16-21-4-6-22(7-5-21)33-17-25(30)29-11-13-32-14-12-29/h3-8,15,31H,2,9-14,16-19H2,1H3/t26-/m0/s1. The number of piperidine rings is 1. The zero-order chi connectivity index (χ0) is 24.0. The van der Waals surface area contributed by atoms with Crippen LogP contribution in [-0.4, -0.2) is 79.0 Å². The summed E-state index contributed by atoms with van der Waals surface area (Å²) in [5.74, 6) is 1.26. The number of rotatable bonds is 8. The van der Waals surface area contributed by atoms with Gasteiger partial charge in [-0.1, -0.05) is 29.8 Å². The van der Waals surface area contributed by atoms with Crippen LogP contribution in [0.2, 0.25) is 5.02 Å². The van der Waals surface area contributed by atoms with E-state index in [2.05, 4.69) is 4.90 Å². The van der Waals surface area contributed by atoms with E-state index in [9.17, 15) is 9.90 Å². The van der Waals surface area contributed by atoms with Crippen LogP contribution in [0.15, 0.2) is 42.5 Å². The van der Waals surface area contributed by atoms with Gasteiger partial charge in [0.15, 0.2) is 6.61 Å². The van der Waals surface area contributed by atoms with E-state index in [1.807, 2.05) is 49.4 Å². The molecule has 0 aromatic heterocycles.